The molecule has 5 nitrogen and oxygen atoms in total. The van der Waals surface area contributed by atoms with Gasteiger partial charge in [-0.25, -0.2) is 4.39 Å². The predicted octanol–water partition coefficient (Wildman–Crippen LogP) is 4.26. The minimum Gasteiger partial charge on any atom is -0.371 e. The molecule has 1 aliphatic rings. The molecule has 3 aromatic rings. The molecule has 0 spiro atoms. The number of nitrogens with one attached hydrogen (secondary N) is 2. The van der Waals surface area contributed by atoms with E-state index in [0.29, 0.717) is 25.2 Å². The molecule has 0 radical (unpaired) electrons. The maximum absolute atomic E-state index is 13.9. The van der Waals surface area contributed by atoms with Crippen LogP contribution in [0.15, 0.2) is 66.0 Å². The highest BCUT2D eigenvalue weighted by atomic mass is 32.1. The molecule has 1 saturated heterocycles. The summed E-state index contributed by atoms with van der Waals surface area (Å²) in [5, 5.41) is 8.00. The van der Waals surface area contributed by atoms with Crippen molar-refractivity contribution in [1.82, 2.24) is 10.6 Å². The SMILES string of the molecule is O=C(NC1CCN(c2ccccc2C(=O)NCCc2cccs2)CC1)c1ccccc1F. The van der Waals surface area contributed by atoms with Gasteiger partial charge in [0.15, 0.2) is 0 Å². The van der Waals surface area contributed by atoms with Crippen molar-refractivity contribution in [3.8, 4) is 0 Å². The summed E-state index contributed by atoms with van der Waals surface area (Å²) in [7, 11) is 0. The molecule has 0 atom stereocenters. The summed E-state index contributed by atoms with van der Waals surface area (Å²) in [6.45, 7) is 2.02. The number of benzene rings is 2. The van der Waals surface area contributed by atoms with Gasteiger partial charge in [0.2, 0.25) is 0 Å². The van der Waals surface area contributed by atoms with E-state index in [1.165, 1.54) is 17.0 Å². The molecule has 2 heterocycles. The number of carbonyl (C=O) groups excluding carboxylic acids is 2. The highest BCUT2D eigenvalue weighted by Crippen LogP contribution is 2.24. The molecule has 166 valence electrons. The molecule has 2 N–H and O–H groups in total. The Hall–Kier alpha value is -3.19. The van der Waals surface area contributed by atoms with Gasteiger partial charge in [0.05, 0.1) is 11.1 Å². The van der Waals surface area contributed by atoms with Gasteiger partial charge in [0.1, 0.15) is 5.82 Å². The Labute approximate surface area is 191 Å². The minimum atomic E-state index is -0.513. The fraction of sp³-hybridized carbons (Fsp3) is 0.280. The first-order valence-electron chi connectivity index (χ1n) is 10.8. The van der Waals surface area contributed by atoms with Gasteiger partial charge < -0.3 is 15.5 Å². The Morgan fingerprint density at radius 3 is 2.38 bits per heavy atom. The van der Waals surface area contributed by atoms with Crippen LogP contribution in [0.1, 0.15) is 38.4 Å². The normalized spacial score (nSPS) is 14.2. The quantitative estimate of drug-likeness (QED) is 0.564. The number of thiophene rings is 1. The number of para-hydroxylation sites is 1. The summed E-state index contributed by atoms with van der Waals surface area (Å²) in [5.41, 5.74) is 1.63. The van der Waals surface area contributed by atoms with E-state index in [0.717, 1.165) is 24.9 Å². The van der Waals surface area contributed by atoms with Gasteiger partial charge in [-0.05, 0) is 55.0 Å². The van der Waals surface area contributed by atoms with Crippen molar-refractivity contribution in [1.29, 1.82) is 0 Å². The number of halogens is 1. The average Bonchev–Trinajstić information content (AvgIpc) is 3.33. The van der Waals surface area contributed by atoms with Crippen molar-refractivity contribution in [2.45, 2.75) is 25.3 Å². The number of carbonyl (C=O) groups is 2. The molecule has 4 rings (SSSR count). The lowest BCUT2D eigenvalue weighted by molar-refractivity contribution is 0.0925. The zero-order valence-electron chi connectivity index (χ0n) is 17.7. The van der Waals surface area contributed by atoms with Gasteiger partial charge >= 0.3 is 0 Å². The van der Waals surface area contributed by atoms with E-state index >= 15 is 0 Å². The summed E-state index contributed by atoms with van der Waals surface area (Å²) >= 11 is 1.69. The number of rotatable bonds is 7. The molecular formula is C25H26FN3O2S. The van der Waals surface area contributed by atoms with Crippen LogP contribution in [0.2, 0.25) is 0 Å². The first-order valence-corrected chi connectivity index (χ1v) is 11.7. The van der Waals surface area contributed by atoms with Gasteiger partial charge in [-0.15, -0.1) is 11.3 Å². The molecule has 7 heteroatoms. The fourth-order valence-electron chi connectivity index (χ4n) is 3.96. The van der Waals surface area contributed by atoms with Crippen molar-refractivity contribution in [3.05, 3.63) is 87.9 Å². The van der Waals surface area contributed by atoms with Crippen LogP contribution in [-0.4, -0.2) is 37.5 Å². The molecule has 0 aliphatic carbocycles. The summed E-state index contributed by atoms with van der Waals surface area (Å²) in [6, 6.07) is 17.7. The fourth-order valence-corrected chi connectivity index (χ4v) is 4.67. The number of amides is 2. The van der Waals surface area contributed by atoms with Crippen LogP contribution < -0.4 is 15.5 Å². The zero-order valence-corrected chi connectivity index (χ0v) is 18.5. The van der Waals surface area contributed by atoms with E-state index in [9.17, 15) is 14.0 Å². The van der Waals surface area contributed by atoms with Crippen LogP contribution >= 0.6 is 11.3 Å². The third kappa shape index (κ3) is 5.34. The molecule has 1 fully saturated rings. The first kappa shape index (κ1) is 22.0. The summed E-state index contributed by atoms with van der Waals surface area (Å²) in [6.07, 6.45) is 2.28. The third-order valence-corrected chi connectivity index (χ3v) is 6.61. The second kappa shape index (κ2) is 10.4. The largest absolute Gasteiger partial charge is 0.371 e. The number of hydrogen-bond donors (Lipinski definition) is 2. The minimum absolute atomic E-state index is 0.0230. The number of anilines is 1. The van der Waals surface area contributed by atoms with Gasteiger partial charge in [0.25, 0.3) is 11.8 Å². The molecule has 0 unspecified atom stereocenters. The molecule has 32 heavy (non-hydrogen) atoms. The molecule has 1 aromatic heterocycles. The monoisotopic (exact) mass is 451 g/mol. The summed E-state index contributed by atoms with van der Waals surface area (Å²) in [4.78, 5) is 28.6. The van der Waals surface area contributed by atoms with Crippen molar-refractivity contribution >= 4 is 28.8 Å². The molecule has 0 bridgehead atoms. The van der Waals surface area contributed by atoms with Crippen molar-refractivity contribution in [2.75, 3.05) is 24.5 Å². The smallest absolute Gasteiger partial charge is 0.254 e. The van der Waals surface area contributed by atoms with Crippen LogP contribution in [0.4, 0.5) is 10.1 Å². The second-order valence-corrected chi connectivity index (χ2v) is 8.85. The zero-order chi connectivity index (χ0) is 22.3. The number of hydrogen-bond acceptors (Lipinski definition) is 4. The summed E-state index contributed by atoms with van der Waals surface area (Å²) < 4.78 is 13.9. The molecule has 0 saturated carbocycles. The standard InChI is InChI=1S/C25H26FN3O2S/c26-22-9-3-1-7-20(22)25(31)28-18-12-15-29(16-13-18)23-10-4-2-8-21(23)24(30)27-14-11-19-6-5-17-32-19/h1-10,17-18H,11-16H2,(H,27,30)(H,28,31). The molecule has 2 amide bonds. The number of piperidine rings is 1. The van der Waals surface area contributed by atoms with Crippen LogP contribution in [0.25, 0.3) is 0 Å². The number of nitrogens with zero attached hydrogens (tertiary/aromatic N) is 1. The van der Waals surface area contributed by atoms with Crippen molar-refractivity contribution in [3.63, 3.8) is 0 Å². The third-order valence-electron chi connectivity index (χ3n) is 5.68. The Morgan fingerprint density at radius 1 is 0.938 bits per heavy atom. The Kier molecular flexibility index (Phi) is 7.17. The van der Waals surface area contributed by atoms with E-state index in [2.05, 4.69) is 21.6 Å². The van der Waals surface area contributed by atoms with E-state index < -0.39 is 5.82 Å². The van der Waals surface area contributed by atoms with E-state index in [1.54, 1.807) is 23.5 Å². The first-order chi connectivity index (χ1) is 15.6. The highest BCUT2D eigenvalue weighted by Gasteiger charge is 2.24. The van der Waals surface area contributed by atoms with Gasteiger partial charge in [0, 0.05) is 36.2 Å². The van der Waals surface area contributed by atoms with Crippen LogP contribution in [0.3, 0.4) is 0 Å². The van der Waals surface area contributed by atoms with E-state index in [4.69, 9.17) is 0 Å². The maximum Gasteiger partial charge on any atom is 0.254 e. The molecular weight excluding hydrogens is 425 g/mol. The topological polar surface area (TPSA) is 61.4 Å². The van der Waals surface area contributed by atoms with Gasteiger partial charge in [-0.3, -0.25) is 9.59 Å². The molecule has 1 aliphatic heterocycles. The Balaban J connectivity index is 1.33. The predicted molar refractivity (Wildman–Crippen MR) is 126 cm³/mol. The Morgan fingerprint density at radius 2 is 1.66 bits per heavy atom. The second-order valence-electron chi connectivity index (χ2n) is 7.82. The van der Waals surface area contributed by atoms with Crippen LogP contribution in [-0.2, 0) is 6.42 Å². The van der Waals surface area contributed by atoms with Gasteiger partial charge in [-0.1, -0.05) is 30.3 Å². The lowest BCUT2D eigenvalue weighted by Gasteiger charge is -2.35. The van der Waals surface area contributed by atoms with E-state index in [1.807, 2.05) is 35.7 Å². The summed E-state index contributed by atoms with van der Waals surface area (Å²) in [5.74, 6) is -0.972. The van der Waals surface area contributed by atoms with Crippen LogP contribution in [0.5, 0.6) is 0 Å². The van der Waals surface area contributed by atoms with Gasteiger partial charge in [-0.2, -0.15) is 0 Å². The van der Waals surface area contributed by atoms with E-state index in [-0.39, 0.29) is 23.4 Å². The average molecular weight is 452 g/mol. The van der Waals surface area contributed by atoms with Crippen molar-refractivity contribution in [2.24, 2.45) is 0 Å². The lowest BCUT2D eigenvalue weighted by Crippen LogP contribution is -2.45. The lowest BCUT2D eigenvalue weighted by atomic mass is 10.0. The van der Waals surface area contributed by atoms with Crippen LogP contribution in [0, 0.1) is 5.82 Å². The molecule has 2 aromatic carbocycles. The maximum atomic E-state index is 13.9. The Bertz CT molecular complexity index is 1060. The van der Waals surface area contributed by atoms with Crippen molar-refractivity contribution < 1.29 is 14.0 Å². The highest BCUT2D eigenvalue weighted by molar-refractivity contribution is 7.09.